The maximum atomic E-state index is 11.3. The molecule has 1 saturated carbocycles. The number of aromatic nitrogens is 4. The summed E-state index contributed by atoms with van der Waals surface area (Å²) in [5.74, 6) is 1.04. The number of methoxy groups -OCH3 is 1. The SMILES string of the molecule is COC(=O)c1cnc2c(n1)nc(C1CC1)n2C. The molecule has 3 rings (SSSR count). The van der Waals surface area contributed by atoms with Crippen LogP contribution in [-0.4, -0.2) is 32.6 Å². The Morgan fingerprint density at radius 1 is 1.47 bits per heavy atom. The van der Waals surface area contributed by atoms with Crippen LogP contribution in [0.1, 0.15) is 35.1 Å². The Balaban J connectivity index is 2.13. The number of rotatable bonds is 2. The summed E-state index contributed by atoms with van der Waals surface area (Å²) in [7, 11) is 3.25. The van der Waals surface area contributed by atoms with Gasteiger partial charge in [0.05, 0.1) is 13.3 Å². The van der Waals surface area contributed by atoms with E-state index in [9.17, 15) is 4.79 Å². The van der Waals surface area contributed by atoms with Crippen molar-refractivity contribution in [3.05, 3.63) is 17.7 Å². The minimum Gasteiger partial charge on any atom is -0.464 e. The molecule has 1 aliphatic rings. The molecule has 0 radical (unpaired) electrons. The van der Waals surface area contributed by atoms with Crippen LogP contribution >= 0.6 is 0 Å². The number of aryl methyl sites for hydroxylation is 1. The molecule has 2 aromatic rings. The Bertz CT molecular complexity index is 601. The monoisotopic (exact) mass is 232 g/mol. The van der Waals surface area contributed by atoms with Gasteiger partial charge in [-0.25, -0.2) is 19.7 Å². The van der Waals surface area contributed by atoms with Crippen molar-refractivity contribution in [1.29, 1.82) is 0 Å². The molecule has 6 heteroatoms. The van der Waals surface area contributed by atoms with Crippen LogP contribution in [0.3, 0.4) is 0 Å². The van der Waals surface area contributed by atoms with E-state index in [1.807, 2.05) is 11.6 Å². The van der Waals surface area contributed by atoms with Crippen molar-refractivity contribution in [1.82, 2.24) is 19.5 Å². The molecule has 0 N–H and O–H groups in total. The summed E-state index contributed by atoms with van der Waals surface area (Å²) in [5, 5.41) is 0. The fraction of sp³-hybridized carbons (Fsp3) is 0.455. The summed E-state index contributed by atoms with van der Waals surface area (Å²) in [6.07, 6.45) is 3.76. The van der Waals surface area contributed by atoms with Crippen LogP contribution in [0.2, 0.25) is 0 Å². The second-order valence-electron chi connectivity index (χ2n) is 4.20. The van der Waals surface area contributed by atoms with Gasteiger partial charge in [0.1, 0.15) is 5.82 Å². The Morgan fingerprint density at radius 2 is 2.24 bits per heavy atom. The van der Waals surface area contributed by atoms with Crippen molar-refractivity contribution < 1.29 is 9.53 Å². The predicted molar refractivity (Wildman–Crippen MR) is 59.6 cm³/mol. The van der Waals surface area contributed by atoms with E-state index < -0.39 is 5.97 Å². The van der Waals surface area contributed by atoms with Crippen LogP contribution in [0.25, 0.3) is 11.3 Å². The van der Waals surface area contributed by atoms with E-state index in [1.165, 1.54) is 26.1 Å². The van der Waals surface area contributed by atoms with Gasteiger partial charge in [-0.15, -0.1) is 0 Å². The quantitative estimate of drug-likeness (QED) is 0.723. The van der Waals surface area contributed by atoms with Gasteiger partial charge in [0, 0.05) is 13.0 Å². The maximum Gasteiger partial charge on any atom is 0.358 e. The third kappa shape index (κ3) is 1.56. The largest absolute Gasteiger partial charge is 0.464 e. The third-order valence-corrected chi connectivity index (χ3v) is 2.95. The minimum atomic E-state index is -0.488. The smallest absolute Gasteiger partial charge is 0.358 e. The van der Waals surface area contributed by atoms with E-state index in [-0.39, 0.29) is 5.69 Å². The summed E-state index contributed by atoms with van der Waals surface area (Å²) in [6.45, 7) is 0. The van der Waals surface area contributed by atoms with E-state index in [0.717, 1.165) is 5.82 Å². The number of imidazole rings is 1. The average molecular weight is 232 g/mol. The zero-order valence-corrected chi connectivity index (χ0v) is 9.67. The highest BCUT2D eigenvalue weighted by molar-refractivity contribution is 5.88. The van der Waals surface area contributed by atoms with Crippen LogP contribution in [0, 0.1) is 0 Å². The van der Waals surface area contributed by atoms with E-state index >= 15 is 0 Å². The lowest BCUT2D eigenvalue weighted by molar-refractivity contribution is 0.0594. The van der Waals surface area contributed by atoms with Crippen LogP contribution in [0.4, 0.5) is 0 Å². The fourth-order valence-corrected chi connectivity index (χ4v) is 1.89. The van der Waals surface area contributed by atoms with Crippen LogP contribution in [0.15, 0.2) is 6.20 Å². The number of hydrogen-bond donors (Lipinski definition) is 0. The Morgan fingerprint density at radius 3 is 2.88 bits per heavy atom. The molecule has 0 amide bonds. The van der Waals surface area contributed by atoms with Crippen molar-refractivity contribution in [2.75, 3.05) is 7.11 Å². The molecule has 2 heterocycles. The van der Waals surface area contributed by atoms with Gasteiger partial charge in [-0.2, -0.15) is 0 Å². The normalized spacial score (nSPS) is 15.2. The van der Waals surface area contributed by atoms with Gasteiger partial charge in [0.15, 0.2) is 17.0 Å². The molecule has 1 fully saturated rings. The lowest BCUT2D eigenvalue weighted by Gasteiger charge is -1.98. The zero-order chi connectivity index (χ0) is 12.0. The number of esters is 1. The van der Waals surface area contributed by atoms with Gasteiger partial charge in [0.2, 0.25) is 0 Å². The van der Waals surface area contributed by atoms with Crippen molar-refractivity contribution in [3.8, 4) is 0 Å². The molecule has 6 nitrogen and oxygen atoms in total. The van der Waals surface area contributed by atoms with Gasteiger partial charge < -0.3 is 9.30 Å². The van der Waals surface area contributed by atoms with Crippen molar-refractivity contribution >= 4 is 17.3 Å². The lowest BCUT2D eigenvalue weighted by atomic mass is 10.4. The lowest BCUT2D eigenvalue weighted by Crippen LogP contribution is -2.05. The second-order valence-corrected chi connectivity index (χ2v) is 4.20. The van der Waals surface area contributed by atoms with Crippen molar-refractivity contribution in [2.45, 2.75) is 18.8 Å². The Hall–Kier alpha value is -1.98. The van der Waals surface area contributed by atoms with Crippen LogP contribution in [0.5, 0.6) is 0 Å². The molecule has 88 valence electrons. The molecule has 1 aliphatic carbocycles. The molecule has 0 spiro atoms. The highest BCUT2D eigenvalue weighted by Gasteiger charge is 2.29. The number of carbonyl (C=O) groups is 1. The molecule has 0 bridgehead atoms. The van der Waals surface area contributed by atoms with Gasteiger partial charge in [0.25, 0.3) is 0 Å². The minimum absolute atomic E-state index is 0.195. The molecule has 0 unspecified atom stereocenters. The Kier molecular flexibility index (Phi) is 2.10. The van der Waals surface area contributed by atoms with Crippen LogP contribution < -0.4 is 0 Å². The highest BCUT2D eigenvalue weighted by Crippen LogP contribution is 2.39. The maximum absolute atomic E-state index is 11.3. The van der Waals surface area contributed by atoms with Crippen molar-refractivity contribution in [2.24, 2.45) is 7.05 Å². The first kappa shape index (κ1) is 10.2. The molecule has 17 heavy (non-hydrogen) atoms. The van der Waals surface area contributed by atoms with E-state index in [0.29, 0.717) is 17.2 Å². The third-order valence-electron chi connectivity index (χ3n) is 2.95. The average Bonchev–Trinajstić information content (AvgIpc) is 3.14. The van der Waals surface area contributed by atoms with E-state index in [4.69, 9.17) is 0 Å². The first-order chi connectivity index (χ1) is 8.20. The highest BCUT2D eigenvalue weighted by atomic mass is 16.5. The second kappa shape index (κ2) is 3.51. The number of hydrogen-bond acceptors (Lipinski definition) is 5. The van der Waals surface area contributed by atoms with Gasteiger partial charge in [-0.05, 0) is 12.8 Å². The van der Waals surface area contributed by atoms with Gasteiger partial charge in [-0.1, -0.05) is 0 Å². The number of ether oxygens (including phenoxy) is 1. The Labute approximate surface area is 97.7 Å². The summed E-state index contributed by atoms with van der Waals surface area (Å²) in [4.78, 5) is 24.2. The number of carbonyl (C=O) groups excluding carboxylic acids is 1. The first-order valence-electron chi connectivity index (χ1n) is 5.48. The summed E-state index contributed by atoms with van der Waals surface area (Å²) >= 11 is 0. The molecule has 0 saturated heterocycles. The molecular weight excluding hydrogens is 220 g/mol. The summed E-state index contributed by atoms with van der Waals surface area (Å²) in [5.41, 5.74) is 1.41. The first-order valence-corrected chi connectivity index (χ1v) is 5.48. The summed E-state index contributed by atoms with van der Waals surface area (Å²) in [6, 6.07) is 0. The van der Waals surface area contributed by atoms with Crippen molar-refractivity contribution in [3.63, 3.8) is 0 Å². The van der Waals surface area contributed by atoms with Gasteiger partial charge >= 0.3 is 5.97 Å². The molecule has 0 aromatic carbocycles. The number of nitrogens with zero attached hydrogens (tertiary/aromatic N) is 4. The summed E-state index contributed by atoms with van der Waals surface area (Å²) < 4.78 is 6.55. The van der Waals surface area contributed by atoms with Crippen LogP contribution in [-0.2, 0) is 11.8 Å². The standard InChI is InChI=1S/C11H12N4O2/c1-15-9(6-3-4-6)14-8-10(15)12-5-7(13-8)11(16)17-2/h5-6H,3-4H2,1-2H3. The fourth-order valence-electron chi connectivity index (χ4n) is 1.89. The molecular formula is C11H12N4O2. The molecule has 2 aromatic heterocycles. The zero-order valence-electron chi connectivity index (χ0n) is 9.67. The van der Waals surface area contributed by atoms with E-state index in [1.54, 1.807) is 0 Å². The van der Waals surface area contributed by atoms with E-state index in [2.05, 4.69) is 19.7 Å². The molecule has 0 atom stereocenters. The molecule has 0 aliphatic heterocycles. The number of fused-ring (bicyclic) bond motifs is 1. The predicted octanol–water partition coefficient (Wildman–Crippen LogP) is 1.03. The topological polar surface area (TPSA) is 69.9 Å². The van der Waals surface area contributed by atoms with Gasteiger partial charge in [-0.3, -0.25) is 0 Å².